The van der Waals surface area contributed by atoms with E-state index in [1.807, 2.05) is 0 Å². The van der Waals surface area contributed by atoms with E-state index in [4.69, 9.17) is 5.73 Å². The molecule has 164 valence electrons. The van der Waals surface area contributed by atoms with Crippen molar-refractivity contribution in [2.24, 2.45) is 5.73 Å². The van der Waals surface area contributed by atoms with E-state index < -0.39 is 40.6 Å². The van der Waals surface area contributed by atoms with Gasteiger partial charge in [-0.25, -0.2) is 4.79 Å². The number of nitro benzene ring substituents is 1. The van der Waals surface area contributed by atoms with E-state index in [2.05, 4.69) is 9.72 Å². The molecule has 1 aliphatic rings. The number of thioether (sulfide) groups is 1. The number of nitro groups is 1. The van der Waals surface area contributed by atoms with Gasteiger partial charge in [0, 0.05) is 35.0 Å². The Bertz CT molecular complexity index is 1080. The predicted octanol–water partition coefficient (Wildman–Crippen LogP) is 1.80. The van der Waals surface area contributed by atoms with E-state index in [-0.39, 0.29) is 17.9 Å². The van der Waals surface area contributed by atoms with Crippen LogP contribution < -0.4 is 5.73 Å². The molecule has 2 heterocycles. The van der Waals surface area contributed by atoms with Gasteiger partial charge in [-0.15, -0.1) is 0 Å². The van der Waals surface area contributed by atoms with E-state index in [1.54, 1.807) is 6.07 Å². The van der Waals surface area contributed by atoms with E-state index in [0.717, 1.165) is 4.90 Å². The summed E-state index contributed by atoms with van der Waals surface area (Å²) in [5, 5.41) is 20.7. The summed E-state index contributed by atoms with van der Waals surface area (Å²) in [4.78, 5) is 38.0. The van der Waals surface area contributed by atoms with E-state index in [1.165, 1.54) is 24.4 Å². The Kier molecular flexibility index (Phi) is 6.09. The van der Waals surface area contributed by atoms with Crippen molar-refractivity contribution in [3.63, 3.8) is 0 Å². The van der Waals surface area contributed by atoms with Crippen LogP contribution in [0.1, 0.15) is 5.56 Å². The van der Waals surface area contributed by atoms with Crippen LogP contribution >= 0.6 is 11.8 Å². The first-order valence-electron chi connectivity index (χ1n) is 8.64. The minimum absolute atomic E-state index is 0.0654. The first-order valence-corrected chi connectivity index (χ1v) is 9.69. The molecule has 2 aromatic rings. The fourth-order valence-corrected chi connectivity index (χ4v) is 4.20. The standard InChI is InChI=1S/C17H14F3N5O5S/c18-17(19,20)15(27)30-16-24(10(5-21)7-31-16)14(26)12(22)3-8-6-23-13-2-1-9(25(28)29)4-11(8)13/h1-2,4,6,10,12,16,23H,3,7,22H2/t10-,12?,16-/m0/s1. The molecule has 0 spiro atoms. The molecule has 3 N–H and O–H groups in total. The SMILES string of the molecule is N#C[C@H]1CS[C@H](OC(=O)C(F)(F)F)N1C(=O)C(N)Cc1c[nH]c2ccc([N+](=O)[O-])cc12. The van der Waals surface area contributed by atoms with E-state index >= 15 is 0 Å². The third kappa shape index (κ3) is 4.57. The molecule has 1 amide bonds. The Morgan fingerprint density at radius 1 is 1.48 bits per heavy atom. The first-order chi connectivity index (χ1) is 14.5. The highest BCUT2D eigenvalue weighted by Gasteiger charge is 2.47. The Morgan fingerprint density at radius 2 is 2.19 bits per heavy atom. The number of aromatic amines is 1. The molecule has 1 saturated heterocycles. The second-order valence-corrected chi connectivity index (χ2v) is 7.62. The summed E-state index contributed by atoms with van der Waals surface area (Å²) >= 11 is 0.692. The molecular weight excluding hydrogens is 443 g/mol. The third-order valence-corrected chi connectivity index (χ3v) is 5.64. The van der Waals surface area contributed by atoms with Gasteiger partial charge in [-0.3, -0.25) is 19.8 Å². The van der Waals surface area contributed by atoms with Crippen molar-refractivity contribution in [3.8, 4) is 6.07 Å². The molecule has 31 heavy (non-hydrogen) atoms. The van der Waals surface area contributed by atoms with Crippen LogP contribution in [0.2, 0.25) is 0 Å². The second kappa shape index (κ2) is 8.44. The number of ether oxygens (including phenoxy) is 1. The van der Waals surface area contributed by atoms with Gasteiger partial charge in [-0.05, 0) is 18.1 Å². The minimum Gasteiger partial charge on any atom is -0.425 e. The maximum atomic E-state index is 12.8. The van der Waals surface area contributed by atoms with Crippen molar-refractivity contribution in [3.05, 3.63) is 40.1 Å². The van der Waals surface area contributed by atoms with Crippen LogP contribution in [0.5, 0.6) is 0 Å². The number of nitriles is 1. The number of hydrogen-bond donors (Lipinski definition) is 2. The van der Waals surface area contributed by atoms with Crippen molar-refractivity contribution >= 4 is 40.2 Å². The molecule has 0 saturated carbocycles. The first kappa shape index (κ1) is 22.4. The van der Waals surface area contributed by atoms with E-state index in [0.29, 0.717) is 28.2 Å². The zero-order valence-corrected chi connectivity index (χ0v) is 16.3. The van der Waals surface area contributed by atoms with Crippen molar-refractivity contribution in [1.82, 2.24) is 9.88 Å². The van der Waals surface area contributed by atoms with Gasteiger partial charge in [0.1, 0.15) is 6.04 Å². The van der Waals surface area contributed by atoms with Crippen LogP contribution in [0.3, 0.4) is 0 Å². The van der Waals surface area contributed by atoms with Gasteiger partial charge < -0.3 is 15.5 Å². The fraction of sp³-hybridized carbons (Fsp3) is 0.353. The highest BCUT2D eigenvalue weighted by Crippen LogP contribution is 2.33. The molecule has 0 aliphatic carbocycles. The number of carbonyl (C=O) groups is 2. The molecule has 1 fully saturated rings. The smallest absolute Gasteiger partial charge is 0.425 e. The number of H-pyrrole nitrogens is 1. The van der Waals surface area contributed by atoms with Crippen molar-refractivity contribution in [2.75, 3.05) is 5.75 Å². The number of nitrogens with one attached hydrogen (secondary N) is 1. The van der Waals surface area contributed by atoms with Crippen molar-refractivity contribution in [2.45, 2.75) is 30.2 Å². The lowest BCUT2D eigenvalue weighted by molar-refractivity contribution is -0.384. The number of benzene rings is 1. The summed E-state index contributed by atoms with van der Waals surface area (Å²) in [6.45, 7) is 0. The number of nitrogens with zero attached hydrogens (tertiary/aromatic N) is 3. The summed E-state index contributed by atoms with van der Waals surface area (Å²) in [5.41, 5.74) is 5.15. The number of non-ortho nitro benzene ring substituents is 1. The second-order valence-electron chi connectivity index (χ2n) is 6.55. The quantitative estimate of drug-likeness (QED) is 0.391. The zero-order valence-electron chi connectivity index (χ0n) is 15.5. The van der Waals surface area contributed by atoms with Crippen molar-refractivity contribution in [1.29, 1.82) is 5.26 Å². The maximum absolute atomic E-state index is 12.8. The summed E-state index contributed by atoms with van der Waals surface area (Å²) in [7, 11) is 0. The predicted molar refractivity (Wildman–Crippen MR) is 101 cm³/mol. The molecule has 1 aromatic heterocycles. The highest BCUT2D eigenvalue weighted by molar-refractivity contribution is 8.00. The number of amides is 1. The number of alkyl halides is 3. The largest absolute Gasteiger partial charge is 0.491 e. The highest BCUT2D eigenvalue weighted by atomic mass is 32.2. The number of fused-ring (bicyclic) bond motifs is 1. The molecule has 0 radical (unpaired) electrons. The molecule has 14 heteroatoms. The number of aromatic nitrogens is 1. The van der Waals surface area contributed by atoms with Gasteiger partial charge in [0.05, 0.1) is 17.0 Å². The summed E-state index contributed by atoms with van der Waals surface area (Å²) < 4.78 is 41.9. The number of rotatable bonds is 5. The van der Waals surface area contributed by atoms with Gasteiger partial charge in [0.15, 0.2) is 0 Å². The normalized spacial score (nSPS) is 19.8. The fourth-order valence-electron chi connectivity index (χ4n) is 3.05. The van der Waals surface area contributed by atoms with Crippen LogP contribution in [0.25, 0.3) is 10.9 Å². The molecule has 1 unspecified atom stereocenters. The lowest BCUT2D eigenvalue weighted by Gasteiger charge is -2.28. The van der Waals surface area contributed by atoms with Gasteiger partial charge in [-0.1, -0.05) is 11.8 Å². The van der Waals surface area contributed by atoms with Gasteiger partial charge in [0.25, 0.3) is 5.69 Å². The number of esters is 1. The average molecular weight is 457 g/mol. The van der Waals surface area contributed by atoms with Gasteiger partial charge >= 0.3 is 12.1 Å². The average Bonchev–Trinajstić information content (AvgIpc) is 3.30. The molecule has 1 aromatic carbocycles. The summed E-state index contributed by atoms with van der Waals surface area (Å²) in [5.74, 6) is -3.44. The third-order valence-electron chi connectivity index (χ3n) is 4.52. The topological polar surface area (TPSA) is 155 Å². The Hall–Kier alpha value is -3.31. The van der Waals surface area contributed by atoms with Gasteiger partial charge in [-0.2, -0.15) is 18.4 Å². The van der Waals surface area contributed by atoms with Crippen LogP contribution in [-0.4, -0.2) is 56.3 Å². The number of carbonyl (C=O) groups excluding carboxylic acids is 2. The van der Waals surface area contributed by atoms with Crippen molar-refractivity contribution < 1.29 is 32.4 Å². The molecule has 3 rings (SSSR count). The van der Waals surface area contributed by atoms with Crippen LogP contribution in [0.15, 0.2) is 24.4 Å². The van der Waals surface area contributed by atoms with Gasteiger partial charge in [0.2, 0.25) is 11.5 Å². The maximum Gasteiger partial charge on any atom is 0.491 e. The lowest BCUT2D eigenvalue weighted by atomic mass is 10.0. The summed E-state index contributed by atoms with van der Waals surface area (Å²) in [6.07, 6.45) is -3.89. The Labute approximate surface area is 176 Å². The number of hydrogen-bond acceptors (Lipinski definition) is 8. The van der Waals surface area contributed by atoms with Crippen LogP contribution in [0, 0.1) is 21.4 Å². The molecular formula is C17H14F3N5O5S. The zero-order chi connectivity index (χ0) is 22.9. The monoisotopic (exact) mass is 457 g/mol. The number of halogens is 3. The molecule has 3 atom stereocenters. The summed E-state index contributed by atoms with van der Waals surface area (Å²) in [6, 6.07) is 3.41. The van der Waals surface area contributed by atoms with E-state index in [9.17, 15) is 38.1 Å². The lowest BCUT2D eigenvalue weighted by Crippen LogP contribution is -2.51. The Morgan fingerprint density at radius 3 is 2.81 bits per heavy atom. The van der Waals surface area contributed by atoms with Crippen LogP contribution in [-0.2, 0) is 20.7 Å². The van der Waals surface area contributed by atoms with Crippen LogP contribution in [0.4, 0.5) is 18.9 Å². The minimum atomic E-state index is -5.26. The number of nitrogens with two attached hydrogens (primary N) is 1. The molecule has 1 aliphatic heterocycles. The molecule has 10 nitrogen and oxygen atoms in total. The molecule has 0 bridgehead atoms. The Balaban J connectivity index is 1.81.